The molecule has 0 aromatic carbocycles. The van der Waals surface area contributed by atoms with E-state index >= 15 is 0 Å². The number of nitrogens with one attached hydrogen (secondary N) is 1. The lowest BCUT2D eigenvalue weighted by Gasteiger charge is -2.12. The zero-order valence-electron chi connectivity index (χ0n) is 8.75. The van der Waals surface area contributed by atoms with Crippen molar-refractivity contribution in [3.8, 4) is 0 Å². The number of hydrogen-bond donors (Lipinski definition) is 1. The first-order valence-electron chi connectivity index (χ1n) is 5.08. The van der Waals surface area contributed by atoms with Gasteiger partial charge in [0.2, 0.25) is 0 Å². The fourth-order valence-corrected chi connectivity index (χ4v) is 1.95. The molecule has 1 N–H and O–H groups in total. The molecule has 0 radical (unpaired) electrons. The number of rotatable bonds is 5. The van der Waals surface area contributed by atoms with Gasteiger partial charge in [-0.15, -0.1) is 0 Å². The van der Waals surface area contributed by atoms with Crippen LogP contribution in [-0.4, -0.2) is 12.5 Å². The number of carbonyl (C=O) groups is 1. The van der Waals surface area contributed by atoms with E-state index in [0.717, 1.165) is 24.9 Å². The number of hydrogen-bond acceptors (Lipinski definition) is 2. The smallest absolute Gasteiger partial charge is 0.252 e. The molecule has 0 spiro atoms. The Hall–Kier alpha value is -0.830. The lowest BCUT2D eigenvalue weighted by molar-refractivity contribution is 0.0947. The van der Waals surface area contributed by atoms with E-state index in [4.69, 9.17) is 0 Å². The van der Waals surface area contributed by atoms with Gasteiger partial charge in [-0.2, -0.15) is 11.3 Å². The van der Waals surface area contributed by atoms with Gasteiger partial charge in [0, 0.05) is 17.5 Å². The SMILES string of the molecule is CCC(CC)CNC(=O)c1ccsc1. The fraction of sp³-hybridized carbons (Fsp3) is 0.545. The summed E-state index contributed by atoms with van der Waals surface area (Å²) in [6.45, 7) is 5.11. The molecule has 3 heteroatoms. The van der Waals surface area contributed by atoms with Gasteiger partial charge in [0.05, 0.1) is 0 Å². The maximum Gasteiger partial charge on any atom is 0.252 e. The van der Waals surface area contributed by atoms with E-state index in [1.807, 2.05) is 16.8 Å². The molecule has 1 amide bonds. The monoisotopic (exact) mass is 211 g/mol. The van der Waals surface area contributed by atoms with Crippen LogP contribution in [0.5, 0.6) is 0 Å². The largest absolute Gasteiger partial charge is 0.352 e. The molecule has 1 aromatic heterocycles. The van der Waals surface area contributed by atoms with Crippen molar-refractivity contribution in [3.63, 3.8) is 0 Å². The van der Waals surface area contributed by atoms with Gasteiger partial charge < -0.3 is 5.32 Å². The standard InChI is InChI=1S/C11H17NOS/c1-3-9(4-2)7-12-11(13)10-5-6-14-8-10/h5-6,8-9H,3-4,7H2,1-2H3,(H,12,13). The maximum absolute atomic E-state index is 11.5. The summed E-state index contributed by atoms with van der Waals surface area (Å²) < 4.78 is 0. The molecule has 0 bridgehead atoms. The Morgan fingerprint density at radius 2 is 2.21 bits per heavy atom. The van der Waals surface area contributed by atoms with Crippen molar-refractivity contribution in [1.29, 1.82) is 0 Å². The van der Waals surface area contributed by atoms with Gasteiger partial charge in [0.1, 0.15) is 0 Å². The summed E-state index contributed by atoms with van der Waals surface area (Å²) in [5.41, 5.74) is 0.779. The van der Waals surface area contributed by atoms with Crippen LogP contribution in [0, 0.1) is 5.92 Å². The van der Waals surface area contributed by atoms with Crippen molar-refractivity contribution in [3.05, 3.63) is 22.4 Å². The van der Waals surface area contributed by atoms with Crippen LogP contribution in [0.25, 0.3) is 0 Å². The van der Waals surface area contributed by atoms with Gasteiger partial charge in [-0.1, -0.05) is 26.7 Å². The molecule has 0 aliphatic carbocycles. The van der Waals surface area contributed by atoms with Crippen LogP contribution in [0.1, 0.15) is 37.0 Å². The Morgan fingerprint density at radius 3 is 2.71 bits per heavy atom. The van der Waals surface area contributed by atoms with E-state index in [1.165, 1.54) is 0 Å². The third-order valence-corrected chi connectivity index (χ3v) is 3.17. The van der Waals surface area contributed by atoms with Crippen LogP contribution in [0.2, 0.25) is 0 Å². The second kappa shape index (κ2) is 5.81. The average molecular weight is 211 g/mol. The molecule has 0 saturated carbocycles. The highest BCUT2D eigenvalue weighted by Crippen LogP contribution is 2.08. The first kappa shape index (κ1) is 11.2. The Labute approximate surface area is 89.3 Å². The molecule has 78 valence electrons. The second-order valence-electron chi connectivity index (χ2n) is 3.40. The summed E-state index contributed by atoms with van der Waals surface area (Å²) in [5, 5.41) is 6.75. The summed E-state index contributed by atoms with van der Waals surface area (Å²) >= 11 is 1.55. The van der Waals surface area contributed by atoms with E-state index in [0.29, 0.717) is 5.92 Å². The molecule has 1 rings (SSSR count). The molecule has 0 fully saturated rings. The molecular weight excluding hydrogens is 194 g/mol. The molecule has 1 heterocycles. The number of thiophene rings is 1. The van der Waals surface area contributed by atoms with Crippen molar-refractivity contribution >= 4 is 17.2 Å². The molecule has 0 saturated heterocycles. The van der Waals surface area contributed by atoms with E-state index in [2.05, 4.69) is 19.2 Å². The van der Waals surface area contributed by atoms with Crippen molar-refractivity contribution in [1.82, 2.24) is 5.32 Å². The van der Waals surface area contributed by atoms with Gasteiger partial charge in [0.15, 0.2) is 0 Å². The molecule has 0 aliphatic heterocycles. The van der Waals surface area contributed by atoms with Crippen molar-refractivity contribution in [2.24, 2.45) is 5.92 Å². The minimum absolute atomic E-state index is 0.0538. The minimum Gasteiger partial charge on any atom is -0.352 e. The first-order valence-corrected chi connectivity index (χ1v) is 6.02. The van der Waals surface area contributed by atoms with Crippen LogP contribution in [-0.2, 0) is 0 Å². The zero-order valence-corrected chi connectivity index (χ0v) is 9.56. The van der Waals surface area contributed by atoms with Crippen molar-refractivity contribution in [2.75, 3.05) is 6.54 Å². The molecule has 0 atom stereocenters. The number of amides is 1. The highest BCUT2D eigenvalue weighted by atomic mass is 32.1. The first-order chi connectivity index (χ1) is 6.77. The highest BCUT2D eigenvalue weighted by molar-refractivity contribution is 7.08. The predicted octanol–water partition coefficient (Wildman–Crippen LogP) is 2.91. The molecule has 0 unspecified atom stereocenters. The van der Waals surface area contributed by atoms with Crippen molar-refractivity contribution < 1.29 is 4.79 Å². The third kappa shape index (κ3) is 3.14. The Balaban J connectivity index is 2.35. The summed E-state index contributed by atoms with van der Waals surface area (Å²) in [5.74, 6) is 0.663. The average Bonchev–Trinajstić information content (AvgIpc) is 2.72. The summed E-state index contributed by atoms with van der Waals surface area (Å²) in [6.07, 6.45) is 2.25. The van der Waals surface area contributed by atoms with Crippen LogP contribution in [0.15, 0.2) is 16.8 Å². The highest BCUT2D eigenvalue weighted by Gasteiger charge is 2.08. The molecule has 1 aromatic rings. The van der Waals surface area contributed by atoms with Crippen LogP contribution >= 0.6 is 11.3 Å². The zero-order chi connectivity index (χ0) is 10.4. The molecule has 2 nitrogen and oxygen atoms in total. The van der Waals surface area contributed by atoms with Crippen molar-refractivity contribution in [2.45, 2.75) is 26.7 Å². The van der Waals surface area contributed by atoms with Gasteiger partial charge in [-0.05, 0) is 17.4 Å². The van der Waals surface area contributed by atoms with Crippen LogP contribution in [0.3, 0.4) is 0 Å². The van der Waals surface area contributed by atoms with Gasteiger partial charge in [-0.3, -0.25) is 4.79 Å². The lowest BCUT2D eigenvalue weighted by Crippen LogP contribution is -2.28. The Morgan fingerprint density at radius 1 is 1.50 bits per heavy atom. The third-order valence-electron chi connectivity index (χ3n) is 2.49. The fourth-order valence-electron chi connectivity index (χ4n) is 1.31. The maximum atomic E-state index is 11.5. The molecular formula is C11H17NOS. The van der Waals surface area contributed by atoms with Gasteiger partial charge >= 0.3 is 0 Å². The van der Waals surface area contributed by atoms with Crippen LogP contribution in [0.4, 0.5) is 0 Å². The van der Waals surface area contributed by atoms with E-state index < -0.39 is 0 Å². The van der Waals surface area contributed by atoms with Crippen LogP contribution < -0.4 is 5.32 Å². The van der Waals surface area contributed by atoms with E-state index in [1.54, 1.807) is 11.3 Å². The van der Waals surface area contributed by atoms with E-state index in [9.17, 15) is 4.79 Å². The Kier molecular flexibility index (Phi) is 4.66. The Bertz CT molecular complexity index is 265. The van der Waals surface area contributed by atoms with Gasteiger partial charge in [0.25, 0.3) is 5.91 Å². The topological polar surface area (TPSA) is 29.1 Å². The molecule has 14 heavy (non-hydrogen) atoms. The minimum atomic E-state index is 0.0538. The summed E-state index contributed by atoms with van der Waals surface area (Å²) in [6, 6.07) is 1.85. The summed E-state index contributed by atoms with van der Waals surface area (Å²) in [7, 11) is 0. The normalized spacial score (nSPS) is 10.5. The molecule has 0 aliphatic rings. The van der Waals surface area contributed by atoms with Gasteiger partial charge in [-0.25, -0.2) is 0 Å². The van der Waals surface area contributed by atoms with E-state index in [-0.39, 0.29) is 5.91 Å². The second-order valence-corrected chi connectivity index (χ2v) is 4.18. The summed E-state index contributed by atoms with van der Waals surface area (Å²) in [4.78, 5) is 11.5. The predicted molar refractivity (Wildman–Crippen MR) is 60.7 cm³/mol. The lowest BCUT2D eigenvalue weighted by atomic mass is 10.0. The number of carbonyl (C=O) groups excluding carboxylic acids is 1. The quantitative estimate of drug-likeness (QED) is 0.797.